The lowest BCUT2D eigenvalue weighted by molar-refractivity contribution is 0.0461. The number of hydrogen-bond acceptors (Lipinski definition) is 10. The molecule has 170 valence electrons. The number of nitrogens with two attached hydrogens (primary N) is 1. The molecule has 3 aromatic rings. The van der Waals surface area contributed by atoms with Crippen LogP contribution in [0.25, 0.3) is 11.1 Å². The molecule has 0 fully saturated rings. The van der Waals surface area contributed by atoms with Crippen LogP contribution in [0.15, 0.2) is 33.6 Å². The van der Waals surface area contributed by atoms with Crippen molar-refractivity contribution in [1.82, 2.24) is 14.7 Å². The summed E-state index contributed by atoms with van der Waals surface area (Å²) in [6.45, 7) is 5.03. The molecule has 0 aliphatic carbocycles. The number of hydrogen-bond donors (Lipinski definition) is 2. The summed E-state index contributed by atoms with van der Waals surface area (Å²) in [7, 11) is -3.62. The van der Waals surface area contributed by atoms with Gasteiger partial charge in [-0.1, -0.05) is 6.92 Å². The summed E-state index contributed by atoms with van der Waals surface area (Å²) in [5.74, 6) is -0.973. The van der Waals surface area contributed by atoms with Crippen LogP contribution in [0.2, 0.25) is 0 Å². The molecule has 0 radical (unpaired) electrons. The third-order valence-corrected chi connectivity index (χ3v) is 5.91. The van der Waals surface area contributed by atoms with Crippen LogP contribution in [0, 0.1) is 6.92 Å². The van der Waals surface area contributed by atoms with Gasteiger partial charge in [-0.15, -0.1) is 0 Å². The number of nitrogens with zero attached hydrogens (tertiary/aromatic N) is 2. The zero-order chi connectivity index (χ0) is 23.5. The average Bonchev–Trinajstić information content (AvgIpc) is 3.08. The summed E-state index contributed by atoms with van der Waals surface area (Å²) in [6.07, 6.45) is 0. The lowest BCUT2D eigenvalue weighted by Crippen LogP contribution is -2.23. The maximum absolute atomic E-state index is 12.3. The van der Waals surface area contributed by atoms with Gasteiger partial charge in [0.1, 0.15) is 17.1 Å². The molecule has 12 heteroatoms. The smallest absolute Gasteiger partial charge is 0.342 e. The third-order valence-electron chi connectivity index (χ3n) is 4.35. The van der Waals surface area contributed by atoms with Crippen LogP contribution < -0.4 is 10.5 Å². The summed E-state index contributed by atoms with van der Waals surface area (Å²) >= 11 is 0. The number of benzene rings is 1. The van der Waals surface area contributed by atoms with Gasteiger partial charge < -0.3 is 19.6 Å². The van der Waals surface area contributed by atoms with Crippen LogP contribution in [0.1, 0.15) is 46.1 Å². The van der Waals surface area contributed by atoms with E-state index in [1.54, 1.807) is 20.8 Å². The number of nitrogens with one attached hydrogen (secondary N) is 1. The van der Waals surface area contributed by atoms with E-state index in [1.807, 2.05) is 0 Å². The first kappa shape index (κ1) is 23.2. The number of aryl methyl sites for hydroxylation is 1. The normalized spacial score (nSPS) is 11.5. The Balaban J connectivity index is 1.76. The molecular formula is C20H22N4O7S. The summed E-state index contributed by atoms with van der Waals surface area (Å²) in [5, 5.41) is 0.230. The molecule has 0 unspecified atom stereocenters. The van der Waals surface area contributed by atoms with Crippen molar-refractivity contribution in [2.75, 3.05) is 18.9 Å². The van der Waals surface area contributed by atoms with Crippen molar-refractivity contribution in [2.45, 2.75) is 32.3 Å². The number of carbonyl (C=O) groups is 2. The van der Waals surface area contributed by atoms with Gasteiger partial charge in [-0.2, -0.15) is 4.98 Å². The highest BCUT2D eigenvalue weighted by Gasteiger charge is 2.24. The number of rotatable bonds is 8. The average molecular weight is 462 g/mol. The van der Waals surface area contributed by atoms with E-state index in [9.17, 15) is 18.0 Å². The number of furan rings is 1. The molecule has 2 aromatic heterocycles. The minimum absolute atomic E-state index is 0.0149. The van der Waals surface area contributed by atoms with Gasteiger partial charge >= 0.3 is 11.9 Å². The SMILES string of the molecule is CCNS(=O)(=O)c1ccc(C(=O)OCc2nc(N)c3c(C(=O)OCC)c(C)oc3n2)cc1. The van der Waals surface area contributed by atoms with E-state index in [-0.39, 0.29) is 64.3 Å². The van der Waals surface area contributed by atoms with Crippen molar-refractivity contribution in [3.63, 3.8) is 0 Å². The van der Waals surface area contributed by atoms with E-state index >= 15 is 0 Å². The molecule has 0 atom stereocenters. The number of fused-ring (bicyclic) bond motifs is 1. The maximum Gasteiger partial charge on any atom is 0.342 e. The number of nitrogen functional groups attached to an aromatic ring is 1. The van der Waals surface area contributed by atoms with E-state index in [0.717, 1.165) is 0 Å². The highest BCUT2D eigenvalue weighted by molar-refractivity contribution is 7.89. The topological polar surface area (TPSA) is 164 Å². The first-order valence-corrected chi connectivity index (χ1v) is 11.2. The van der Waals surface area contributed by atoms with Gasteiger partial charge in [0, 0.05) is 6.54 Å². The maximum atomic E-state index is 12.3. The molecule has 0 amide bonds. The van der Waals surface area contributed by atoms with Crippen LogP contribution >= 0.6 is 0 Å². The molecule has 0 saturated carbocycles. The molecule has 0 spiro atoms. The molecule has 1 aromatic carbocycles. The van der Waals surface area contributed by atoms with Crippen molar-refractivity contribution >= 4 is 38.9 Å². The number of ether oxygens (including phenoxy) is 2. The lowest BCUT2D eigenvalue weighted by Gasteiger charge is -2.07. The molecule has 3 rings (SSSR count). The zero-order valence-corrected chi connectivity index (χ0v) is 18.5. The van der Waals surface area contributed by atoms with E-state index in [0.29, 0.717) is 0 Å². The largest absolute Gasteiger partial charge is 0.462 e. The fourth-order valence-corrected chi connectivity index (χ4v) is 4.00. The molecule has 32 heavy (non-hydrogen) atoms. The van der Waals surface area contributed by atoms with Gasteiger partial charge in [0.2, 0.25) is 15.7 Å². The Hall–Kier alpha value is -3.51. The molecule has 0 aliphatic rings. The van der Waals surface area contributed by atoms with E-state index in [4.69, 9.17) is 19.6 Å². The van der Waals surface area contributed by atoms with Crippen LogP contribution in [0.5, 0.6) is 0 Å². The molecule has 0 aliphatic heterocycles. The molecular weight excluding hydrogens is 440 g/mol. The summed E-state index contributed by atoms with van der Waals surface area (Å²) in [5.41, 5.74) is 6.35. The van der Waals surface area contributed by atoms with Gasteiger partial charge in [0.05, 0.1) is 22.5 Å². The Morgan fingerprint density at radius 3 is 2.41 bits per heavy atom. The number of sulfonamides is 1. The second kappa shape index (κ2) is 9.32. The number of esters is 2. The third kappa shape index (κ3) is 4.70. The Morgan fingerprint density at radius 2 is 1.78 bits per heavy atom. The highest BCUT2D eigenvalue weighted by Crippen LogP contribution is 2.29. The fraction of sp³-hybridized carbons (Fsp3) is 0.300. The first-order chi connectivity index (χ1) is 15.2. The molecule has 11 nitrogen and oxygen atoms in total. The second-order valence-electron chi connectivity index (χ2n) is 6.56. The summed E-state index contributed by atoms with van der Waals surface area (Å²) < 4.78 is 42.0. The number of anilines is 1. The quantitative estimate of drug-likeness (QED) is 0.473. The van der Waals surface area contributed by atoms with Gasteiger partial charge in [-0.3, -0.25) is 0 Å². The highest BCUT2D eigenvalue weighted by atomic mass is 32.2. The van der Waals surface area contributed by atoms with Crippen LogP contribution in [-0.2, 0) is 26.1 Å². The minimum Gasteiger partial charge on any atom is -0.462 e. The summed E-state index contributed by atoms with van der Waals surface area (Å²) in [4.78, 5) is 32.8. The number of carbonyl (C=O) groups excluding carboxylic acids is 2. The standard InChI is InChI=1S/C20H22N4O7S/c1-4-22-32(27,28)13-8-6-12(7-9-13)19(25)30-10-14-23-17(21)16-15(20(26)29-5-2)11(3)31-18(16)24-14/h6-9,22H,4-5,10H2,1-3H3,(H2,21,23,24). The molecule has 0 saturated heterocycles. The van der Waals surface area contributed by atoms with Crippen molar-refractivity contribution < 1.29 is 31.9 Å². The van der Waals surface area contributed by atoms with Gasteiger partial charge in [-0.05, 0) is 38.1 Å². The second-order valence-corrected chi connectivity index (χ2v) is 8.33. The van der Waals surface area contributed by atoms with Crippen molar-refractivity contribution in [3.8, 4) is 0 Å². The van der Waals surface area contributed by atoms with Crippen LogP contribution in [0.4, 0.5) is 5.82 Å². The molecule has 0 bridgehead atoms. The molecule has 2 heterocycles. The van der Waals surface area contributed by atoms with Gasteiger partial charge in [0.15, 0.2) is 12.4 Å². The van der Waals surface area contributed by atoms with Gasteiger partial charge in [-0.25, -0.2) is 27.7 Å². The lowest BCUT2D eigenvalue weighted by atomic mass is 10.2. The van der Waals surface area contributed by atoms with Crippen molar-refractivity contribution in [2.24, 2.45) is 0 Å². The molecule has 3 N–H and O–H groups in total. The van der Waals surface area contributed by atoms with Crippen LogP contribution in [0.3, 0.4) is 0 Å². The Bertz CT molecular complexity index is 1270. The monoisotopic (exact) mass is 462 g/mol. The first-order valence-electron chi connectivity index (χ1n) is 9.67. The summed E-state index contributed by atoms with van der Waals surface area (Å²) in [6, 6.07) is 5.29. The fourth-order valence-electron chi connectivity index (χ4n) is 2.95. The minimum atomic E-state index is -3.62. The van der Waals surface area contributed by atoms with Crippen molar-refractivity contribution in [3.05, 3.63) is 47.0 Å². The zero-order valence-electron chi connectivity index (χ0n) is 17.7. The van der Waals surface area contributed by atoms with Gasteiger partial charge in [0.25, 0.3) is 0 Å². The van der Waals surface area contributed by atoms with E-state index in [1.165, 1.54) is 24.3 Å². The number of aromatic nitrogens is 2. The van der Waals surface area contributed by atoms with E-state index in [2.05, 4.69) is 14.7 Å². The predicted octanol–water partition coefficient (Wildman–Crippen LogP) is 1.95. The predicted molar refractivity (Wildman–Crippen MR) is 113 cm³/mol. The van der Waals surface area contributed by atoms with Crippen LogP contribution in [-0.4, -0.2) is 43.5 Å². The van der Waals surface area contributed by atoms with E-state index < -0.39 is 22.0 Å². The van der Waals surface area contributed by atoms with Crippen molar-refractivity contribution in [1.29, 1.82) is 0 Å². The Kier molecular flexibility index (Phi) is 6.75. The Labute approximate surface area is 184 Å². The Morgan fingerprint density at radius 1 is 1.09 bits per heavy atom.